The number of fused-ring (bicyclic) bond motifs is 1. The van der Waals surface area contributed by atoms with Gasteiger partial charge >= 0.3 is 0 Å². The largest absolute Gasteiger partial charge is 0.368 e. The van der Waals surface area contributed by atoms with Gasteiger partial charge in [0.25, 0.3) is 0 Å². The van der Waals surface area contributed by atoms with Gasteiger partial charge in [-0.1, -0.05) is 11.6 Å². The van der Waals surface area contributed by atoms with Gasteiger partial charge in [0.2, 0.25) is 11.8 Å². The molecule has 0 radical (unpaired) electrons. The molecule has 1 atom stereocenters. The third-order valence-electron chi connectivity index (χ3n) is 3.87. The van der Waals surface area contributed by atoms with Crippen LogP contribution in [0.5, 0.6) is 0 Å². The molecule has 2 amide bonds. The van der Waals surface area contributed by atoms with Crippen LogP contribution in [0.15, 0.2) is 24.4 Å². The number of aromatic amines is 1. The maximum Gasteiger partial charge on any atom is 0.241 e. The molecule has 2 aromatic rings. The topological polar surface area (TPSA) is 79.2 Å². The van der Waals surface area contributed by atoms with Gasteiger partial charge in [-0.2, -0.15) is 0 Å². The number of primary amides is 1. The zero-order chi connectivity index (χ0) is 15.7. The van der Waals surface area contributed by atoms with Gasteiger partial charge < -0.3 is 15.6 Å². The van der Waals surface area contributed by atoms with Gasteiger partial charge in [0.1, 0.15) is 6.04 Å². The smallest absolute Gasteiger partial charge is 0.241 e. The molecule has 5 nitrogen and oxygen atoms in total. The molecule has 0 bridgehead atoms. The predicted molar refractivity (Wildman–Crippen MR) is 88.8 cm³/mol. The van der Waals surface area contributed by atoms with E-state index in [9.17, 15) is 9.59 Å². The molecule has 2 heterocycles. The third kappa shape index (κ3) is 2.94. The van der Waals surface area contributed by atoms with E-state index in [1.165, 1.54) is 0 Å². The molecule has 3 N–H and O–H groups in total. The number of nitrogens with zero attached hydrogens (tertiary/aromatic N) is 1. The fourth-order valence-electron chi connectivity index (χ4n) is 2.67. The number of halogens is 1. The summed E-state index contributed by atoms with van der Waals surface area (Å²) in [5, 5.41) is 1.70. The molecule has 22 heavy (non-hydrogen) atoms. The first kappa shape index (κ1) is 15.2. The molecule has 1 saturated heterocycles. The minimum Gasteiger partial charge on any atom is -0.368 e. The SMILES string of the molecule is NC(=O)[C@@H]1CSCN1C(=O)CCc1c[nH]c2ccc(Cl)cc12. The van der Waals surface area contributed by atoms with Crippen molar-refractivity contribution in [2.45, 2.75) is 18.9 Å². The van der Waals surface area contributed by atoms with Crippen molar-refractivity contribution in [3.05, 3.63) is 35.0 Å². The average Bonchev–Trinajstić information content (AvgIpc) is 3.11. The Hall–Kier alpha value is -1.66. The summed E-state index contributed by atoms with van der Waals surface area (Å²) in [6.45, 7) is 0. The second-order valence-electron chi connectivity index (χ2n) is 5.29. The van der Waals surface area contributed by atoms with Crippen LogP contribution in [0, 0.1) is 0 Å². The second kappa shape index (κ2) is 6.22. The number of benzene rings is 1. The van der Waals surface area contributed by atoms with E-state index < -0.39 is 11.9 Å². The summed E-state index contributed by atoms with van der Waals surface area (Å²) < 4.78 is 0. The second-order valence-corrected chi connectivity index (χ2v) is 6.72. The molecule has 1 aromatic carbocycles. The van der Waals surface area contributed by atoms with Gasteiger partial charge in [-0.25, -0.2) is 0 Å². The predicted octanol–water partition coefficient (Wildman–Crippen LogP) is 2.14. The third-order valence-corrected chi connectivity index (χ3v) is 5.12. The molecule has 0 saturated carbocycles. The summed E-state index contributed by atoms with van der Waals surface area (Å²) in [4.78, 5) is 28.4. The number of aryl methyl sites for hydroxylation is 1. The lowest BCUT2D eigenvalue weighted by molar-refractivity contribution is -0.136. The van der Waals surface area contributed by atoms with E-state index in [1.54, 1.807) is 16.7 Å². The Labute approximate surface area is 137 Å². The normalized spacial score (nSPS) is 18.0. The van der Waals surface area contributed by atoms with Crippen LogP contribution in [-0.4, -0.2) is 39.4 Å². The molecule has 0 spiro atoms. The van der Waals surface area contributed by atoms with E-state index in [0.29, 0.717) is 29.5 Å². The first-order chi connectivity index (χ1) is 10.6. The van der Waals surface area contributed by atoms with Crippen molar-refractivity contribution in [1.82, 2.24) is 9.88 Å². The first-order valence-electron chi connectivity index (χ1n) is 6.98. The molecule has 1 fully saturated rings. The summed E-state index contributed by atoms with van der Waals surface area (Å²) >= 11 is 7.58. The van der Waals surface area contributed by atoms with E-state index in [0.717, 1.165) is 16.5 Å². The molecule has 3 rings (SSSR count). The van der Waals surface area contributed by atoms with Gasteiger partial charge in [0.15, 0.2) is 0 Å². The number of hydrogen-bond donors (Lipinski definition) is 2. The minimum atomic E-state index is -0.477. The molecule has 7 heteroatoms. The van der Waals surface area contributed by atoms with Crippen molar-refractivity contribution in [2.75, 3.05) is 11.6 Å². The van der Waals surface area contributed by atoms with Crippen LogP contribution in [0.1, 0.15) is 12.0 Å². The Morgan fingerprint density at radius 2 is 2.27 bits per heavy atom. The number of carbonyl (C=O) groups is 2. The standard InChI is InChI=1S/C15H16ClN3O2S/c16-10-2-3-12-11(5-10)9(6-18-12)1-4-14(20)19-8-22-7-13(19)15(17)21/h2-3,5-6,13,18H,1,4,7-8H2,(H2,17,21)/t13-/m0/s1. The van der Waals surface area contributed by atoms with Crippen LogP contribution in [0.2, 0.25) is 5.02 Å². The van der Waals surface area contributed by atoms with Crippen LogP contribution in [-0.2, 0) is 16.0 Å². The van der Waals surface area contributed by atoms with Gasteiger partial charge in [0, 0.05) is 34.3 Å². The van der Waals surface area contributed by atoms with E-state index in [4.69, 9.17) is 17.3 Å². The quantitative estimate of drug-likeness (QED) is 0.897. The maximum atomic E-state index is 12.3. The van der Waals surface area contributed by atoms with Crippen molar-refractivity contribution in [3.8, 4) is 0 Å². The zero-order valence-corrected chi connectivity index (χ0v) is 13.4. The van der Waals surface area contributed by atoms with E-state index >= 15 is 0 Å². The van der Waals surface area contributed by atoms with Crippen molar-refractivity contribution < 1.29 is 9.59 Å². The molecule has 1 aliphatic rings. The van der Waals surface area contributed by atoms with Gasteiger partial charge in [-0.05, 0) is 30.2 Å². The summed E-state index contributed by atoms with van der Waals surface area (Å²) in [5.74, 6) is 0.651. The van der Waals surface area contributed by atoms with Crippen molar-refractivity contribution in [3.63, 3.8) is 0 Å². The fourth-order valence-corrected chi connectivity index (χ4v) is 4.03. The fraction of sp³-hybridized carbons (Fsp3) is 0.333. The Bertz CT molecular complexity index is 731. The number of rotatable bonds is 4. The lowest BCUT2D eigenvalue weighted by Crippen LogP contribution is -2.45. The minimum absolute atomic E-state index is 0.0369. The Kier molecular flexibility index (Phi) is 4.31. The number of aromatic nitrogens is 1. The average molecular weight is 338 g/mol. The number of carbonyl (C=O) groups excluding carboxylic acids is 2. The van der Waals surface area contributed by atoms with Gasteiger partial charge in [-0.15, -0.1) is 11.8 Å². The summed E-state index contributed by atoms with van der Waals surface area (Å²) in [6.07, 6.45) is 2.86. The lowest BCUT2D eigenvalue weighted by Gasteiger charge is -2.21. The highest BCUT2D eigenvalue weighted by Gasteiger charge is 2.32. The van der Waals surface area contributed by atoms with Gasteiger partial charge in [0.05, 0.1) is 5.88 Å². The molecule has 116 valence electrons. The van der Waals surface area contributed by atoms with Crippen molar-refractivity contribution in [2.24, 2.45) is 5.73 Å². The Morgan fingerprint density at radius 3 is 3.05 bits per heavy atom. The Morgan fingerprint density at radius 1 is 1.45 bits per heavy atom. The molecule has 1 aromatic heterocycles. The molecule has 1 aliphatic heterocycles. The van der Waals surface area contributed by atoms with Gasteiger partial charge in [-0.3, -0.25) is 9.59 Å². The van der Waals surface area contributed by atoms with Crippen LogP contribution in [0.25, 0.3) is 10.9 Å². The lowest BCUT2D eigenvalue weighted by atomic mass is 10.1. The molecular weight excluding hydrogens is 322 g/mol. The highest BCUT2D eigenvalue weighted by molar-refractivity contribution is 7.99. The van der Waals surface area contributed by atoms with Crippen molar-refractivity contribution in [1.29, 1.82) is 0 Å². The molecule has 0 aliphatic carbocycles. The molecular formula is C15H16ClN3O2S. The zero-order valence-electron chi connectivity index (χ0n) is 11.8. The van der Waals surface area contributed by atoms with Crippen LogP contribution >= 0.6 is 23.4 Å². The summed E-state index contributed by atoms with van der Waals surface area (Å²) in [6, 6.07) is 5.16. The molecule has 0 unspecified atom stereocenters. The highest BCUT2D eigenvalue weighted by Crippen LogP contribution is 2.25. The number of thioether (sulfide) groups is 1. The number of nitrogens with one attached hydrogen (secondary N) is 1. The van der Waals surface area contributed by atoms with Crippen molar-refractivity contribution >= 4 is 46.1 Å². The summed E-state index contributed by atoms with van der Waals surface area (Å²) in [5.41, 5.74) is 7.39. The number of hydrogen-bond acceptors (Lipinski definition) is 3. The maximum absolute atomic E-state index is 12.3. The van der Waals surface area contributed by atoms with E-state index in [1.807, 2.05) is 24.4 Å². The van der Waals surface area contributed by atoms with Crippen LogP contribution < -0.4 is 5.73 Å². The number of amides is 2. The number of H-pyrrole nitrogens is 1. The van der Waals surface area contributed by atoms with E-state index in [-0.39, 0.29) is 5.91 Å². The van der Waals surface area contributed by atoms with E-state index in [2.05, 4.69) is 4.98 Å². The monoisotopic (exact) mass is 337 g/mol. The highest BCUT2D eigenvalue weighted by atomic mass is 35.5. The first-order valence-corrected chi connectivity index (χ1v) is 8.51. The summed E-state index contributed by atoms with van der Waals surface area (Å²) in [7, 11) is 0. The van der Waals surface area contributed by atoms with Crippen LogP contribution in [0.3, 0.4) is 0 Å². The number of nitrogens with two attached hydrogens (primary N) is 1. The Balaban J connectivity index is 1.70. The van der Waals surface area contributed by atoms with Crippen LogP contribution in [0.4, 0.5) is 0 Å².